The van der Waals surface area contributed by atoms with E-state index in [2.05, 4.69) is 9.71 Å². The SMILES string of the molecule is O=C(CCSC1=C/C(=N/S(=O)(=O)c2cccs2)c2ccccc2C1=O)NC1CC1. The van der Waals surface area contributed by atoms with Crippen LogP contribution < -0.4 is 5.32 Å². The summed E-state index contributed by atoms with van der Waals surface area (Å²) in [7, 11) is -3.86. The van der Waals surface area contributed by atoms with Gasteiger partial charge in [-0.05, 0) is 30.4 Å². The quantitative estimate of drug-likeness (QED) is 0.704. The van der Waals surface area contributed by atoms with Crippen LogP contribution in [0.2, 0.25) is 0 Å². The van der Waals surface area contributed by atoms with Crippen LogP contribution in [0.25, 0.3) is 0 Å². The predicted octanol–water partition coefficient (Wildman–Crippen LogP) is 3.41. The van der Waals surface area contributed by atoms with Crippen LogP contribution in [-0.2, 0) is 14.8 Å². The average Bonchev–Trinajstić information content (AvgIpc) is 3.31. The molecule has 2 aliphatic rings. The Labute approximate surface area is 177 Å². The Bertz CT molecular complexity index is 1110. The molecule has 0 bridgehead atoms. The Morgan fingerprint density at radius 1 is 1.17 bits per heavy atom. The number of carbonyl (C=O) groups is 2. The number of allylic oxidation sites excluding steroid dienone is 2. The molecule has 29 heavy (non-hydrogen) atoms. The lowest BCUT2D eigenvalue weighted by atomic mass is 9.94. The molecule has 0 aliphatic heterocycles. The van der Waals surface area contributed by atoms with Crippen molar-refractivity contribution in [1.82, 2.24) is 5.32 Å². The van der Waals surface area contributed by atoms with E-state index in [1.807, 2.05) is 0 Å². The van der Waals surface area contributed by atoms with Crippen LogP contribution in [0.5, 0.6) is 0 Å². The maximum atomic E-state index is 12.8. The smallest absolute Gasteiger partial charge is 0.292 e. The first-order valence-electron chi connectivity index (χ1n) is 9.10. The number of ketones is 1. The normalized spacial score (nSPS) is 17.7. The van der Waals surface area contributed by atoms with Crippen molar-refractivity contribution in [2.75, 3.05) is 5.75 Å². The van der Waals surface area contributed by atoms with Crippen molar-refractivity contribution >= 4 is 50.5 Å². The van der Waals surface area contributed by atoms with Gasteiger partial charge >= 0.3 is 0 Å². The van der Waals surface area contributed by atoms with Crippen molar-refractivity contribution in [2.45, 2.75) is 29.5 Å². The molecule has 0 spiro atoms. The third-order valence-corrected chi connectivity index (χ3v) is 8.12. The van der Waals surface area contributed by atoms with Crippen molar-refractivity contribution in [3.8, 4) is 0 Å². The number of benzene rings is 1. The van der Waals surface area contributed by atoms with Crippen molar-refractivity contribution in [2.24, 2.45) is 4.40 Å². The molecule has 1 amide bonds. The molecule has 150 valence electrons. The fourth-order valence-electron chi connectivity index (χ4n) is 2.85. The summed E-state index contributed by atoms with van der Waals surface area (Å²) >= 11 is 2.35. The third kappa shape index (κ3) is 4.68. The van der Waals surface area contributed by atoms with Gasteiger partial charge in [-0.1, -0.05) is 30.3 Å². The van der Waals surface area contributed by atoms with Gasteiger partial charge in [-0.25, -0.2) is 0 Å². The number of thioether (sulfide) groups is 1. The van der Waals surface area contributed by atoms with Gasteiger partial charge in [-0.2, -0.15) is 12.8 Å². The zero-order valence-corrected chi connectivity index (χ0v) is 17.8. The van der Waals surface area contributed by atoms with E-state index < -0.39 is 10.0 Å². The molecule has 9 heteroatoms. The van der Waals surface area contributed by atoms with Crippen LogP contribution >= 0.6 is 23.1 Å². The maximum absolute atomic E-state index is 12.8. The number of thiophene rings is 1. The molecule has 1 N–H and O–H groups in total. The number of amides is 1. The first-order valence-corrected chi connectivity index (χ1v) is 12.4. The second kappa shape index (κ2) is 8.25. The van der Waals surface area contributed by atoms with Crippen LogP contribution in [0.4, 0.5) is 0 Å². The average molecular weight is 447 g/mol. The van der Waals surface area contributed by atoms with Crippen LogP contribution in [0.15, 0.2) is 61.4 Å². The van der Waals surface area contributed by atoms with Gasteiger partial charge < -0.3 is 5.32 Å². The topological polar surface area (TPSA) is 92.7 Å². The van der Waals surface area contributed by atoms with Gasteiger partial charge in [-0.3, -0.25) is 9.59 Å². The summed E-state index contributed by atoms with van der Waals surface area (Å²) in [6, 6.07) is 10.3. The molecule has 6 nitrogen and oxygen atoms in total. The summed E-state index contributed by atoms with van der Waals surface area (Å²) in [5.41, 5.74) is 1.15. The van der Waals surface area contributed by atoms with E-state index in [0.717, 1.165) is 24.2 Å². The number of carbonyl (C=O) groups excluding carboxylic acids is 2. The van der Waals surface area contributed by atoms with Gasteiger partial charge in [0.15, 0.2) is 5.78 Å². The zero-order chi connectivity index (χ0) is 20.4. The second-order valence-electron chi connectivity index (χ2n) is 6.71. The molecule has 4 rings (SSSR count). The number of rotatable bonds is 7. The predicted molar refractivity (Wildman–Crippen MR) is 115 cm³/mol. The summed E-state index contributed by atoms with van der Waals surface area (Å²) in [5, 5.41) is 4.59. The van der Waals surface area contributed by atoms with Gasteiger partial charge in [-0.15, -0.1) is 23.1 Å². The minimum absolute atomic E-state index is 0.0292. The Morgan fingerprint density at radius 3 is 2.62 bits per heavy atom. The maximum Gasteiger partial charge on any atom is 0.292 e. The molecule has 0 unspecified atom stereocenters. The van der Waals surface area contributed by atoms with Gasteiger partial charge in [0.2, 0.25) is 5.91 Å². The molecule has 0 radical (unpaired) electrons. The summed E-state index contributed by atoms with van der Waals surface area (Å²) in [5.74, 6) is 0.225. The molecule has 1 aromatic carbocycles. The van der Waals surface area contributed by atoms with Crippen molar-refractivity contribution in [3.05, 3.63) is 63.9 Å². The number of Topliss-reactive ketones (excluding diaryl/α,β-unsaturated/α-hetero) is 1. The highest BCUT2D eigenvalue weighted by Gasteiger charge is 2.27. The van der Waals surface area contributed by atoms with Crippen molar-refractivity contribution in [1.29, 1.82) is 0 Å². The Balaban J connectivity index is 1.59. The lowest BCUT2D eigenvalue weighted by Gasteiger charge is -2.17. The molecule has 1 heterocycles. The standard InChI is InChI=1S/C20H18N2O4S3/c23-18(21-13-7-8-13)9-11-27-17-12-16(14-4-1-2-5-15(14)20(17)24)22-29(25,26)19-6-3-10-28-19/h1-6,10,12-13H,7-9,11H2,(H,21,23)/b22-16-. The molecular formula is C20H18N2O4S3. The molecule has 2 aliphatic carbocycles. The van der Waals surface area contributed by atoms with Gasteiger partial charge in [0.25, 0.3) is 10.0 Å². The van der Waals surface area contributed by atoms with Crippen LogP contribution in [0, 0.1) is 0 Å². The largest absolute Gasteiger partial charge is 0.353 e. The van der Waals surface area contributed by atoms with E-state index >= 15 is 0 Å². The number of hydrogen-bond donors (Lipinski definition) is 1. The molecule has 0 atom stereocenters. The monoisotopic (exact) mass is 446 g/mol. The number of hydrogen-bond acceptors (Lipinski definition) is 6. The van der Waals surface area contributed by atoms with E-state index in [9.17, 15) is 18.0 Å². The number of nitrogens with one attached hydrogen (secondary N) is 1. The lowest BCUT2D eigenvalue weighted by Crippen LogP contribution is -2.25. The number of fused-ring (bicyclic) bond motifs is 1. The van der Waals surface area contributed by atoms with E-state index in [0.29, 0.717) is 34.2 Å². The lowest BCUT2D eigenvalue weighted by molar-refractivity contribution is -0.120. The van der Waals surface area contributed by atoms with E-state index in [1.54, 1.807) is 35.7 Å². The molecule has 0 saturated heterocycles. The third-order valence-electron chi connectivity index (χ3n) is 4.44. The van der Waals surface area contributed by atoms with Crippen LogP contribution in [0.3, 0.4) is 0 Å². The number of nitrogens with zero attached hydrogens (tertiary/aromatic N) is 1. The summed E-state index contributed by atoms with van der Waals surface area (Å²) in [6.45, 7) is 0. The Hall–Kier alpha value is -2.23. The highest BCUT2D eigenvalue weighted by Crippen LogP contribution is 2.30. The van der Waals surface area contributed by atoms with Crippen molar-refractivity contribution < 1.29 is 18.0 Å². The van der Waals surface area contributed by atoms with Crippen molar-refractivity contribution in [3.63, 3.8) is 0 Å². The zero-order valence-electron chi connectivity index (χ0n) is 15.3. The van der Waals surface area contributed by atoms with E-state index in [4.69, 9.17) is 0 Å². The highest BCUT2D eigenvalue weighted by molar-refractivity contribution is 8.04. The molecule has 1 fully saturated rings. The van der Waals surface area contributed by atoms with E-state index in [-0.39, 0.29) is 21.6 Å². The molecule has 1 aromatic heterocycles. The number of sulfonamides is 1. The Morgan fingerprint density at radius 2 is 1.93 bits per heavy atom. The molecule has 2 aromatic rings. The minimum atomic E-state index is -3.86. The van der Waals surface area contributed by atoms with E-state index in [1.165, 1.54) is 23.9 Å². The summed E-state index contributed by atoms with van der Waals surface area (Å²) < 4.78 is 29.4. The molecular weight excluding hydrogens is 428 g/mol. The van der Waals surface area contributed by atoms with Gasteiger partial charge in [0, 0.05) is 29.3 Å². The highest BCUT2D eigenvalue weighted by atomic mass is 32.2. The van der Waals surface area contributed by atoms with Gasteiger partial charge in [0.05, 0.1) is 10.6 Å². The summed E-state index contributed by atoms with van der Waals surface area (Å²) in [4.78, 5) is 25.1. The minimum Gasteiger partial charge on any atom is -0.353 e. The summed E-state index contributed by atoms with van der Waals surface area (Å²) in [6.07, 6.45) is 3.86. The molecule has 1 saturated carbocycles. The van der Waals surface area contributed by atoms with Crippen LogP contribution in [-0.4, -0.2) is 37.6 Å². The Kier molecular flexibility index (Phi) is 5.71. The fraction of sp³-hybridized carbons (Fsp3) is 0.250. The van der Waals surface area contributed by atoms with Crippen LogP contribution in [0.1, 0.15) is 35.2 Å². The first-order chi connectivity index (χ1) is 13.9. The second-order valence-corrected chi connectivity index (χ2v) is 10.6. The fourth-order valence-corrected chi connectivity index (χ4v) is 5.76. The van der Waals surface area contributed by atoms with Gasteiger partial charge in [0.1, 0.15) is 4.21 Å². The first kappa shape index (κ1) is 20.1.